The molecule has 4 N–H and O–H groups in total. The smallest absolute Gasteiger partial charge is 0.310 e. The van der Waals surface area contributed by atoms with Crippen LogP contribution in [0.4, 0.5) is 5.82 Å². The molecule has 8 nitrogen and oxygen atoms in total. The van der Waals surface area contributed by atoms with E-state index in [0.717, 1.165) is 27.8 Å². The van der Waals surface area contributed by atoms with Gasteiger partial charge in [0.1, 0.15) is 18.5 Å². The van der Waals surface area contributed by atoms with Crippen molar-refractivity contribution in [2.45, 2.75) is 32.6 Å². The number of aromatic nitrogens is 1. The number of esters is 1. The zero-order chi connectivity index (χ0) is 24.8. The number of para-hydroxylation sites is 1. The van der Waals surface area contributed by atoms with Crippen molar-refractivity contribution in [3.63, 3.8) is 0 Å². The van der Waals surface area contributed by atoms with Gasteiger partial charge in [0.2, 0.25) is 0 Å². The number of hydrogen-bond donors (Lipinski definition) is 2. The summed E-state index contributed by atoms with van der Waals surface area (Å²) in [5.41, 5.74) is 16.9. The number of fused-ring (bicyclic) bond motifs is 1. The zero-order valence-electron chi connectivity index (χ0n) is 19.8. The molecular weight excluding hydrogens is 446 g/mol. The van der Waals surface area contributed by atoms with Crippen LogP contribution in [0.3, 0.4) is 0 Å². The summed E-state index contributed by atoms with van der Waals surface area (Å²) < 4.78 is 22.1. The van der Waals surface area contributed by atoms with Gasteiger partial charge in [-0.3, -0.25) is 4.79 Å². The number of rotatable bonds is 10. The normalized spacial score (nSPS) is 12.0. The number of carbonyl (C=O) groups excluding carboxylic acids is 1. The Morgan fingerprint density at radius 3 is 2.71 bits per heavy atom. The van der Waals surface area contributed by atoms with Gasteiger partial charge in [0.05, 0.1) is 18.4 Å². The molecule has 1 aromatic heterocycles. The number of hydrogen-bond acceptors (Lipinski definition) is 8. The van der Waals surface area contributed by atoms with Crippen molar-refractivity contribution in [2.24, 2.45) is 5.73 Å². The number of anilines is 1. The van der Waals surface area contributed by atoms with Crippen LogP contribution in [0.1, 0.15) is 23.6 Å². The van der Waals surface area contributed by atoms with Crippen molar-refractivity contribution in [3.8, 4) is 16.9 Å². The van der Waals surface area contributed by atoms with Gasteiger partial charge >= 0.3 is 5.97 Å². The number of nitrogens with zero attached hydrogens (tertiary/aromatic N) is 1. The Hall–Kier alpha value is -3.88. The lowest BCUT2D eigenvalue weighted by Crippen LogP contribution is -2.21. The summed E-state index contributed by atoms with van der Waals surface area (Å²) in [5.74, 6) is 0.576. The van der Waals surface area contributed by atoms with E-state index >= 15 is 0 Å². The second-order valence-electron chi connectivity index (χ2n) is 8.32. The Morgan fingerprint density at radius 2 is 1.91 bits per heavy atom. The first-order valence-corrected chi connectivity index (χ1v) is 11.3. The van der Waals surface area contributed by atoms with E-state index in [2.05, 4.69) is 5.16 Å². The monoisotopic (exact) mass is 475 g/mol. The van der Waals surface area contributed by atoms with Crippen LogP contribution in [-0.4, -0.2) is 30.9 Å². The van der Waals surface area contributed by atoms with Gasteiger partial charge in [0, 0.05) is 24.8 Å². The maximum absolute atomic E-state index is 12.4. The maximum Gasteiger partial charge on any atom is 0.310 e. The highest BCUT2D eigenvalue weighted by Gasteiger charge is 2.16. The number of benzene rings is 3. The second-order valence-corrected chi connectivity index (χ2v) is 8.32. The summed E-state index contributed by atoms with van der Waals surface area (Å²) in [6.07, 6.45) is -0.226. The molecule has 8 heteroatoms. The van der Waals surface area contributed by atoms with Gasteiger partial charge in [-0.25, -0.2) is 0 Å². The van der Waals surface area contributed by atoms with Crippen molar-refractivity contribution in [3.05, 3.63) is 77.4 Å². The van der Waals surface area contributed by atoms with E-state index in [1.54, 1.807) is 14.0 Å². The third-order valence-electron chi connectivity index (χ3n) is 5.57. The molecular formula is C27H29N3O5. The molecule has 4 rings (SSSR count). The van der Waals surface area contributed by atoms with Gasteiger partial charge in [-0.15, -0.1) is 0 Å². The van der Waals surface area contributed by atoms with Crippen LogP contribution in [0.5, 0.6) is 5.75 Å². The number of nitrogens with two attached hydrogens (primary N) is 2. The van der Waals surface area contributed by atoms with E-state index in [1.165, 1.54) is 0 Å². The van der Waals surface area contributed by atoms with Crippen LogP contribution < -0.4 is 16.2 Å². The fourth-order valence-corrected chi connectivity index (χ4v) is 3.93. The summed E-state index contributed by atoms with van der Waals surface area (Å²) in [4.78, 5) is 12.4. The molecule has 0 aliphatic heterocycles. The largest absolute Gasteiger partial charge is 0.489 e. The van der Waals surface area contributed by atoms with E-state index < -0.39 is 0 Å². The molecule has 0 fully saturated rings. The highest BCUT2D eigenvalue weighted by molar-refractivity contribution is 5.98. The average molecular weight is 476 g/mol. The standard InChI is InChI=1S/C27H29N3O5/c1-17(15-32-2)34-25(31)13-21-7-3-4-9-24(21)33-16-19-11-22(20-8-5-6-18(10-20)14-28)26-23(12-19)27(29)30-35-26/h3-12,17H,13-16,28H2,1-2H3,(H2,29,30). The predicted molar refractivity (Wildman–Crippen MR) is 134 cm³/mol. The van der Waals surface area contributed by atoms with Gasteiger partial charge in [0.25, 0.3) is 0 Å². The summed E-state index contributed by atoms with van der Waals surface area (Å²) in [6.45, 7) is 2.82. The van der Waals surface area contributed by atoms with Gasteiger partial charge < -0.3 is 30.2 Å². The van der Waals surface area contributed by atoms with E-state index in [1.807, 2.05) is 60.7 Å². The van der Waals surface area contributed by atoms with Gasteiger partial charge in [0.15, 0.2) is 11.4 Å². The molecule has 1 unspecified atom stereocenters. The maximum atomic E-state index is 12.4. The molecule has 0 radical (unpaired) electrons. The molecule has 0 aliphatic rings. The topological polar surface area (TPSA) is 123 Å². The Morgan fingerprint density at radius 1 is 1.09 bits per heavy atom. The molecule has 0 amide bonds. The molecule has 182 valence electrons. The first-order valence-electron chi connectivity index (χ1n) is 11.3. The van der Waals surface area contributed by atoms with Crippen molar-refractivity contribution in [1.82, 2.24) is 5.16 Å². The quantitative estimate of drug-likeness (QED) is 0.327. The number of methoxy groups -OCH3 is 1. The minimum atomic E-state index is -0.341. The lowest BCUT2D eigenvalue weighted by molar-refractivity contribution is -0.149. The third kappa shape index (κ3) is 5.79. The van der Waals surface area contributed by atoms with E-state index in [4.69, 9.17) is 30.2 Å². The first-order chi connectivity index (χ1) is 17.0. The van der Waals surface area contributed by atoms with Crippen LogP contribution in [0.25, 0.3) is 22.1 Å². The van der Waals surface area contributed by atoms with Crippen LogP contribution in [-0.2, 0) is 33.8 Å². The molecule has 1 atom stereocenters. The Bertz CT molecular complexity index is 1320. The molecule has 0 spiro atoms. The second kappa shape index (κ2) is 11.0. The fourth-order valence-electron chi connectivity index (χ4n) is 3.93. The lowest BCUT2D eigenvalue weighted by atomic mass is 9.98. The fraction of sp³-hybridized carbons (Fsp3) is 0.259. The Balaban J connectivity index is 1.57. The Labute approximate surface area is 203 Å². The molecule has 1 heterocycles. The molecule has 0 bridgehead atoms. The molecule has 35 heavy (non-hydrogen) atoms. The summed E-state index contributed by atoms with van der Waals surface area (Å²) in [7, 11) is 1.57. The van der Waals surface area contributed by atoms with Gasteiger partial charge in [-0.1, -0.05) is 41.6 Å². The average Bonchev–Trinajstić information content (AvgIpc) is 3.23. The van der Waals surface area contributed by atoms with Crippen molar-refractivity contribution < 1.29 is 23.5 Å². The highest BCUT2D eigenvalue weighted by Crippen LogP contribution is 2.34. The molecule has 0 saturated heterocycles. The predicted octanol–water partition coefficient (Wildman–Crippen LogP) is 4.24. The van der Waals surface area contributed by atoms with Crippen LogP contribution in [0.15, 0.2) is 65.2 Å². The summed E-state index contributed by atoms with van der Waals surface area (Å²) in [5, 5.41) is 4.66. The van der Waals surface area contributed by atoms with Crippen molar-refractivity contribution in [1.29, 1.82) is 0 Å². The van der Waals surface area contributed by atoms with E-state index in [-0.39, 0.29) is 25.1 Å². The molecule has 0 aliphatic carbocycles. The minimum Gasteiger partial charge on any atom is -0.489 e. The Kier molecular flexibility index (Phi) is 7.64. The van der Waals surface area contributed by atoms with Crippen LogP contribution in [0, 0.1) is 0 Å². The first kappa shape index (κ1) is 24.3. The van der Waals surface area contributed by atoms with Crippen LogP contribution >= 0.6 is 0 Å². The SMILES string of the molecule is COCC(C)OC(=O)Cc1ccccc1OCc1cc(-c2cccc(CN)c2)c2onc(N)c2c1. The summed E-state index contributed by atoms with van der Waals surface area (Å²) in [6, 6.07) is 19.2. The lowest BCUT2D eigenvalue weighted by Gasteiger charge is -2.15. The molecule has 0 saturated carbocycles. The third-order valence-corrected chi connectivity index (χ3v) is 5.57. The summed E-state index contributed by atoms with van der Waals surface area (Å²) >= 11 is 0. The number of carbonyl (C=O) groups is 1. The highest BCUT2D eigenvalue weighted by atomic mass is 16.6. The zero-order valence-corrected chi connectivity index (χ0v) is 19.8. The van der Waals surface area contributed by atoms with Gasteiger partial charge in [-0.05, 0) is 47.9 Å². The van der Waals surface area contributed by atoms with E-state index in [0.29, 0.717) is 35.7 Å². The molecule has 4 aromatic rings. The van der Waals surface area contributed by atoms with Crippen LogP contribution in [0.2, 0.25) is 0 Å². The van der Waals surface area contributed by atoms with E-state index in [9.17, 15) is 4.79 Å². The molecule has 3 aromatic carbocycles. The number of ether oxygens (including phenoxy) is 3. The van der Waals surface area contributed by atoms with Gasteiger partial charge in [-0.2, -0.15) is 0 Å². The van der Waals surface area contributed by atoms with Crippen molar-refractivity contribution in [2.75, 3.05) is 19.5 Å². The number of nitrogen functional groups attached to an aromatic ring is 1. The minimum absolute atomic E-state index is 0.0962. The van der Waals surface area contributed by atoms with Crippen molar-refractivity contribution >= 4 is 22.8 Å².